The third-order valence-corrected chi connectivity index (χ3v) is 4.84. The number of rotatable bonds is 6. The summed E-state index contributed by atoms with van der Waals surface area (Å²) in [5.74, 6) is 1.59. The lowest BCUT2D eigenvalue weighted by molar-refractivity contribution is -0.121. The normalized spacial score (nSPS) is 15.1. The molecule has 7 heteroatoms. The van der Waals surface area contributed by atoms with E-state index in [4.69, 9.17) is 4.99 Å². The summed E-state index contributed by atoms with van der Waals surface area (Å²) in [6.07, 6.45) is 2.71. The van der Waals surface area contributed by atoms with Crippen molar-refractivity contribution in [1.82, 2.24) is 15.5 Å². The second kappa shape index (κ2) is 12.0. The number of nitrogens with one attached hydrogen (secondary N) is 2. The Kier molecular flexibility index (Phi) is 10.5. The van der Waals surface area contributed by atoms with Gasteiger partial charge >= 0.3 is 0 Å². The number of likely N-dealkylation sites (tertiary alicyclic amines) is 1. The third-order valence-electron chi connectivity index (χ3n) is 4.84. The van der Waals surface area contributed by atoms with Gasteiger partial charge in [-0.1, -0.05) is 12.1 Å². The van der Waals surface area contributed by atoms with Crippen molar-refractivity contribution in [1.29, 1.82) is 0 Å². The van der Waals surface area contributed by atoms with E-state index in [1.54, 1.807) is 7.05 Å². The zero-order chi connectivity index (χ0) is 18.9. The minimum atomic E-state index is 0. The number of benzene rings is 1. The molecule has 0 unspecified atom stereocenters. The van der Waals surface area contributed by atoms with Crippen LogP contribution in [0.1, 0.15) is 31.7 Å². The van der Waals surface area contributed by atoms with Crippen molar-refractivity contribution < 1.29 is 4.79 Å². The maximum absolute atomic E-state index is 11.6. The van der Waals surface area contributed by atoms with Crippen molar-refractivity contribution in [2.45, 2.75) is 32.7 Å². The minimum Gasteiger partial charge on any atom is -0.378 e. The second-order valence-corrected chi connectivity index (χ2v) is 7.04. The van der Waals surface area contributed by atoms with E-state index in [0.29, 0.717) is 18.9 Å². The van der Waals surface area contributed by atoms with Crippen LogP contribution in [0.3, 0.4) is 0 Å². The number of aliphatic imine (C=N–C) groups is 1. The molecule has 1 aliphatic heterocycles. The molecule has 0 spiro atoms. The van der Waals surface area contributed by atoms with Crippen LogP contribution in [0, 0.1) is 5.92 Å². The highest BCUT2D eigenvalue weighted by Gasteiger charge is 2.23. The molecule has 1 saturated heterocycles. The van der Waals surface area contributed by atoms with E-state index in [1.165, 1.54) is 11.3 Å². The van der Waals surface area contributed by atoms with Crippen molar-refractivity contribution in [2.24, 2.45) is 10.9 Å². The first-order valence-electron chi connectivity index (χ1n) is 9.53. The summed E-state index contributed by atoms with van der Waals surface area (Å²) < 4.78 is 0. The van der Waals surface area contributed by atoms with E-state index in [2.05, 4.69) is 65.7 Å². The Morgan fingerprint density at radius 3 is 2.59 bits per heavy atom. The molecule has 1 aromatic rings. The topological polar surface area (TPSA) is 60.0 Å². The fraction of sp³-hybridized carbons (Fsp3) is 0.600. The van der Waals surface area contributed by atoms with Crippen molar-refractivity contribution in [3.63, 3.8) is 0 Å². The van der Waals surface area contributed by atoms with Crippen molar-refractivity contribution in [3.8, 4) is 0 Å². The number of anilines is 1. The molecular formula is C20H34IN5O. The molecule has 152 valence electrons. The number of guanidine groups is 1. The van der Waals surface area contributed by atoms with Crippen LogP contribution >= 0.6 is 24.0 Å². The van der Waals surface area contributed by atoms with Gasteiger partial charge in [0.05, 0.1) is 6.54 Å². The summed E-state index contributed by atoms with van der Waals surface area (Å²) in [7, 11) is 5.81. The monoisotopic (exact) mass is 487 g/mol. The Labute approximate surface area is 180 Å². The van der Waals surface area contributed by atoms with Gasteiger partial charge in [-0.25, -0.2) is 4.99 Å². The molecule has 0 radical (unpaired) electrons. The number of carbonyl (C=O) groups is 1. The minimum absolute atomic E-state index is 0. The third kappa shape index (κ3) is 7.56. The highest BCUT2D eigenvalue weighted by Crippen LogP contribution is 2.21. The van der Waals surface area contributed by atoms with Crippen LogP contribution in [-0.4, -0.2) is 57.5 Å². The smallest absolute Gasteiger partial charge is 0.220 e. The van der Waals surface area contributed by atoms with Gasteiger partial charge in [0.2, 0.25) is 5.91 Å². The molecule has 1 aliphatic rings. The molecule has 1 amide bonds. The van der Waals surface area contributed by atoms with Crippen LogP contribution in [-0.2, 0) is 11.3 Å². The fourth-order valence-corrected chi connectivity index (χ4v) is 3.24. The largest absolute Gasteiger partial charge is 0.378 e. The SMILES string of the molecule is CCNC(=NCc1cccc(N(C)C)c1)N1CCC(CC(=O)NC)CC1.I. The average Bonchev–Trinajstić information content (AvgIpc) is 2.66. The Bertz CT molecular complexity index is 612. The van der Waals surface area contributed by atoms with Crippen LogP contribution in [0.4, 0.5) is 5.69 Å². The van der Waals surface area contributed by atoms with Crippen molar-refractivity contribution in [3.05, 3.63) is 29.8 Å². The van der Waals surface area contributed by atoms with E-state index >= 15 is 0 Å². The predicted molar refractivity (Wildman–Crippen MR) is 124 cm³/mol. The van der Waals surface area contributed by atoms with Gasteiger partial charge in [0.15, 0.2) is 5.96 Å². The van der Waals surface area contributed by atoms with Crippen LogP contribution < -0.4 is 15.5 Å². The molecule has 0 bridgehead atoms. The Morgan fingerprint density at radius 1 is 1.30 bits per heavy atom. The van der Waals surface area contributed by atoms with E-state index in [-0.39, 0.29) is 29.9 Å². The van der Waals surface area contributed by atoms with E-state index in [9.17, 15) is 4.79 Å². The molecule has 0 aliphatic carbocycles. The number of carbonyl (C=O) groups excluding carboxylic acids is 1. The first kappa shape index (κ1) is 23.5. The van der Waals surface area contributed by atoms with E-state index in [0.717, 1.165) is 38.4 Å². The summed E-state index contributed by atoms with van der Waals surface area (Å²) >= 11 is 0. The number of halogens is 1. The van der Waals surface area contributed by atoms with Crippen LogP contribution in [0.15, 0.2) is 29.3 Å². The standard InChI is InChI=1S/C20H33N5O.HI/c1-5-22-20(23-15-17-7-6-8-18(13-17)24(3)4)25-11-9-16(10-12-25)14-19(26)21-2;/h6-8,13,16H,5,9-12,14-15H2,1-4H3,(H,21,26)(H,22,23);1H. The van der Waals surface area contributed by atoms with Gasteiger partial charge < -0.3 is 20.4 Å². The summed E-state index contributed by atoms with van der Waals surface area (Å²) in [5, 5.41) is 6.14. The lowest BCUT2D eigenvalue weighted by atomic mass is 9.93. The maximum atomic E-state index is 11.6. The molecule has 6 nitrogen and oxygen atoms in total. The number of amides is 1. The number of piperidine rings is 1. The van der Waals surface area contributed by atoms with Crippen LogP contribution in [0.25, 0.3) is 0 Å². The zero-order valence-corrected chi connectivity index (χ0v) is 19.3. The van der Waals surface area contributed by atoms with Gasteiger partial charge in [0.1, 0.15) is 0 Å². The summed E-state index contributed by atoms with van der Waals surface area (Å²) in [5.41, 5.74) is 2.40. The molecule has 27 heavy (non-hydrogen) atoms. The highest BCUT2D eigenvalue weighted by molar-refractivity contribution is 14.0. The van der Waals surface area contributed by atoms with Gasteiger partial charge in [0, 0.05) is 52.9 Å². The Balaban J connectivity index is 0.00000364. The summed E-state index contributed by atoms with van der Waals surface area (Å²) in [4.78, 5) is 20.8. The van der Waals surface area contributed by atoms with Gasteiger partial charge in [-0.15, -0.1) is 24.0 Å². The Morgan fingerprint density at radius 2 is 2.00 bits per heavy atom. The first-order valence-corrected chi connectivity index (χ1v) is 9.53. The predicted octanol–water partition coefficient (Wildman–Crippen LogP) is 2.68. The summed E-state index contributed by atoms with van der Waals surface area (Å²) in [6, 6.07) is 8.49. The number of hydrogen-bond acceptors (Lipinski definition) is 3. The fourth-order valence-electron chi connectivity index (χ4n) is 3.24. The highest BCUT2D eigenvalue weighted by atomic mass is 127. The average molecular weight is 487 g/mol. The molecule has 2 rings (SSSR count). The molecule has 2 N–H and O–H groups in total. The van der Waals surface area contributed by atoms with Gasteiger partial charge in [-0.2, -0.15) is 0 Å². The summed E-state index contributed by atoms with van der Waals surface area (Å²) in [6.45, 7) is 5.52. The molecule has 0 atom stereocenters. The van der Waals surface area contributed by atoms with Gasteiger partial charge in [-0.05, 0) is 43.4 Å². The molecule has 0 aromatic heterocycles. The van der Waals surface area contributed by atoms with Crippen molar-refractivity contribution >= 4 is 41.5 Å². The lowest BCUT2D eigenvalue weighted by Crippen LogP contribution is -2.46. The second-order valence-electron chi connectivity index (χ2n) is 7.04. The number of hydrogen-bond donors (Lipinski definition) is 2. The molecule has 0 saturated carbocycles. The quantitative estimate of drug-likeness (QED) is 0.368. The first-order chi connectivity index (χ1) is 12.5. The van der Waals surface area contributed by atoms with Crippen LogP contribution in [0.5, 0.6) is 0 Å². The van der Waals surface area contributed by atoms with Gasteiger partial charge in [0.25, 0.3) is 0 Å². The van der Waals surface area contributed by atoms with Crippen molar-refractivity contribution in [2.75, 3.05) is 45.7 Å². The number of nitrogens with zero attached hydrogens (tertiary/aromatic N) is 3. The van der Waals surface area contributed by atoms with Crippen LogP contribution in [0.2, 0.25) is 0 Å². The van der Waals surface area contributed by atoms with E-state index < -0.39 is 0 Å². The van der Waals surface area contributed by atoms with E-state index in [1.807, 2.05) is 0 Å². The molecular weight excluding hydrogens is 453 g/mol. The Hall–Kier alpha value is -1.51. The molecule has 1 heterocycles. The molecule has 1 fully saturated rings. The lowest BCUT2D eigenvalue weighted by Gasteiger charge is -2.34. The van der Waals surface area contributed by atoms with Gasteiger partial charge in [-0.3, -0.25) is 4.79 Å². The maximum Gasteiger partial charge on any atom is 0.220 e. The molecule has 1 aromatic carbocycles. The zero-order valence-electron chi connectivity index (χ0n) is 17.0.